The van der Waals surface area contributed by atoms with Crippen LogP contribution in [0.4, 0.5) is 17.3 Å². The second kappa shape index (κ2) is 11.5. The lowest BCUT2D eigenvalue weighted by molar-refractivity contribution is -0.0664. The van der Waals surface area contributed by atoms with Gasteiger partial charge in [0.15, 0.2) is 5.82 Å². The fourth-order valence-electron chi connectivity index (χ4n) is 6.05. The highest BCUT2D eigenvalue weighted by Crippen LogP contribution is 2.44. The van der Waals surface area contributed by atoms with E-state index < -0.39 is 23.9 Å². The van der Waals surface area contributed by atoms with Crippen molar-refractivity contribution in [3.05, 3.63) is 54.6 Å². The Kier molecular flexibility index (Phi) is 7.44. The number of aromatic nitrogens is 6. The number of hydrogen-bond acceptors (Lipinski definition) is 12. The molecule has 236 valence electrons. The average molecular weight is 616 g/mol. The van der Waals surface area contributed by atoms with Crippen molar-refractivity contribution in [2.45, 2.75) is 37.3 Å². The number of nitrogens with two attached hydrogens (primary N) is 1. The van der Waals surface area contributed by atoms with Crippen LogP contribution in [0.25, 0.3) is 27.7 Å². The number of nitrogens with zero attached hydrogens (tertiary/aromatic N) is 7. The van der Waals surface area contributed by atoms with Crippen molar-refractivity contribution < 1.29 is 24.4 Å². The van der Waals surface area contributed by atoms with Gasteiger partial charge in [-0.3, -0.25) is 4.68 Å². The summed E-state index contributed by atoms with van der Waals surface area (Å²) in [5.74, 6) is 1.74. The van der Waals surface area contributed by atoms with E-state index in [1.54, 1.807) is 23.2 Å². The summed E-state index contributed by atoms with van der Waals surface area (Å²) in [6.07, 6.45) is 1.28. The summed E-state index contributed by atoms with van der Waals surface area (Å²) in [7, 11) is 3.50. The summed E-state index contributed by atoms with van der Waals surface area (Å²) in [5.41, 5.74) is 8.77. The lowest BCUT2D eigenvalue weighted by Gasteiger charge is -2.32. The average Bonchev–Trinajstić information content (AvgIpc) is 3.65. The van der Waals surface area contributed by atoms with Crippen molar-refractivity contribution in [1.29, 1.82) is 0 Å². The smallest absolute Gasteiger partial charge is 0.152 e. The number of fused-ring (bicyclic) bond motifs is 2. The molecule has 0 saturated carbocycles. The minimum absolute atomic E-state index is 0.00237. The number of nitrogen functional groups attached to an aromatic ring is 1. The fourth-order valence-corrected chi connectivity index (χ4v) is 6.05. The SMILES string of the molecule is COCCNc1cc(N2CCC2)nc2cc(OC[C@H]3O[C@@H](c4cc(-c5ccn(C)n5)c5c(N)ncnn45)[C@](C)(O)[C@@H]3O)ccc12. The van der Waals surface area contributed by atoms with Crippen molar-refractivity contribution in [1.82, 2.24) is 29.4 Å². The molecule has 45 heavy (non-hydrogen) atoms. The molecule has 0 amide bonds. The van der Waals surface area contributed by atoms with E-state index in [1.807, 2.05) is 43.6 Å². The minimum Gasteiger partial charge on any atom is -0.491 e. The van der Waals surface area contributed by atoms with Gasteiger partial charge in [0.1, 0.15) is 53.9 Å². The van der Waals surface area contributed by atoms with Crippen LogP contribution in [0, 0.1) is 0 Å². The van der Waals surface area contributed by atoms with Gasteiger partial charge < -0.3 is 40.4 Å². The van der Waals surface area contributed by atoms with Crippen LogP contribution in [-0.2, 0) is 16.5 Å². The monoisotopic (exact) mass is 615 g/mol. The van der Waals surface area contributed by atoms with Crippen LogP contribution in [0.5, 0.6) is 5.75 Å². The number of aliphatic hydroxyl groups excluding tert-OH is 1. The molecule has 5 N–H and O–H groups in total. The summed E-state index contributed by atoms with van der Waals surface area (Å²) in [6.45, 7) is 4.75. The molecule has 14 nitrogen and oxygen atoms in total. The van der Waals surface area contributed by atoms with Crippen LogP contribution in [0.15, 0.2) is 48.9 Å². The predicted molar refractivity (Wildman–Crippen MR) is 168 cm³/mol. The number of aryl methyl sites for hydroxylation is 1. The van der Waals surface area contributed by atoms with Gasteiger partial charge in [-0.1, -0.05) is 0 Å². The summed E-state index contributed by atoms with van der Waals surface area (Å²) >= 11 is 0. The van der Waals surface area contributed by atoms with E-state index in [0.29, 0.717) is 41.4 Å². The number of ether oxygens (including phenoxy) is 3. The number of hydrogen-bond donors (Lipinski definition) is 4. The summed E-state index contributed by atoms with van der Waals surface area (Å²) < 4.78 is 21.0. The maximum absolute atomic E-state index is 11.6. The first kappa shape index (κ1) is 29.2. The van der Waals surface area contributed by atoms with Crippen LogP contribution >= 0.6 is 0 Å². The van der Waals surface area contributed by atoms with Gasteiger partial charge in [0.25, 0.3) is 0 Å². The third kappa shape index (κ3) is 5.19. The first-order chi connectivity index (χ1) is 21.7. The van der Waals surface area contributed by atoms with E-state index >= 15 is 0 Å². The molecule has 5 aromatic rings. The number of methoxy groups -OCH3 is 1. The highest BCUT2D eigenvalue weighted by atomic mass is 16.6. The number of anilines is 3. The van der Waals surface area contributed by atoms with Gasteiger partial charge in [-0.25, -0.2) is 14.5 Å². The lowest BCUT2D eigenvalue weighted by Crippen LogP contribution is -2.43. The molecule has 2 fully saturated rings. The van der Waals surface area contributed by atoms with E-state index in [2.05, 4.69) is 31.5 Å². The maximum Gasteiger partial charge on any atom is 0.152 e. The van der Waals surface area contributed by atoms with Gasteiger partial charge in [-0.15, -0.1) is 0 Å². The predicted octanol–water partition coefficient (Wildman–Crippen LogP) is 2.16. The maximum atomic E-state index is 11.6. The fraction of sp³-hybridized carbons (Fsp3) is 0.419. The lowest BCUT2D eigenvalue weighted by atomic mass is 9.91. The van der Waals surface area contributed by atoms with Crippen molar-refractivity contribution in [2.24, 2.45) is 7.05 Å². The molecule has 1 aromatic carbocycles. The molecule has 2 aliphatic rings. The summed E-state index contributed by atoms with van der Waals surface area (Å²) in [4.78, 5) is 11.3. The van der Waals surface area contributed by atoms with Gasteiger partial charge in [0.05, 0.1) is 23.5 Å². The zero-order valence-corrected chi connectivity index (χ0v) is 25.4. The molecule has 2 saturated heterocycles. The molecule has 7 rings (SSSR count). The highest BCUT2D eigenvalue weighted by Gasteiger charge is 2.54. The molecule has 6 heterocycles. The molecular weight excluding hydrogens is 578 g/mol. The van der Waals surface area contributed by atoms with Crippen LogP contribution < -0.4 is 20.7 Å². The Labute approximate surface area is 259 Å². The molecule has 0 unspecified atom stereocenters. The molecule has 14 heteroatoms. The van der Waals surface area contributed by atoms with Crippen molar-refractivity contribution in [3.63, 3.8) is 0 Å². The molecule has 0 bridgehead atoms. The normalized spacial score (nSPS) is 23.1. The minimum atomic E-state index is -1.66. The van der Waals surface area contributed by atoms with Crippen LogP contribution in [-0.4, -0.2) is 97.3 Å². The zero-order chi connectivity index (χ0) is 31.3. The highest BCUT2D eigenvalue weighted by molar-refractivity contribution is 5.94. The summed E-state index contributed by atoms with van der Waals surface area (Å²) in [6, 6.07) is 11.5. The number of nitrogens with one attached hydrogen (secondary N) is 1. The van der Waals surface area contributed by atoms with E-state index in [9.17, 15) is 10.2 Å². The quantitative estimate of drug-likeness (QED) is 0.169. The van der Waals surface area contributed by atoms with Crippen LogP contribution in [0.1, 0.15) is 25.1 Å². The second-order valence-electron chi connectivity index (χ2n) is 11.8. The molecule has 2 aliphatic heterocycles. The Balaban J connectivity index is 1.15. The zero-order valence-electron chi connectivity index (χ0n) is 25.4. The standard InChI is InChI=1S/C31H37N9O5/c1-31(42)28(41)25(45-29(31)24-14-20(21-7-11-38(2)37-21)27-30(32)34-17-35-40(24)27)16-44-18-5-6-19-22(33-8-12-43-3)15-26(36-23(19)13-18)39-9-4-10-39/h5-7,11,13-15,17,25,28-29,41-42H,4,8-10,12,16H2,1-3H3,(H,33,36)(H2,32,34,35)/t25-,28-,29+,31-/m1/s1. The largest absolute Gasteiger partial charge is 0.491 e. The van der Waals surface area contributed by atoms with Crippen LogP contribution in [0.3, 0.4) is 0 Å². The molecule has 4 aromatic heterocycles. The van der Waals surface area contributed by atoms with Gasteiger partial charge >= 0.3 is 0 Å². The molecule has 0 aliphatic carbocycles. The van der Waals surface area contributed by atoms with Gasteiger partial charge in [0.2, 0.25) is 0 Å². The third-order valence-corrected chi connectivity index (χ3v) is 8.64. The number of benzene rings is 1. The summed E-state index contributed by atoms with van der Waals surface area (Å²) in [5, 5.41) is 36.1. The Morgan fingerprint density at radius 1 is 1.20 bits per heavy atom. The number of pyridine rings is 1. The first-order valence-electron chi connectivity index (χ1n) is 15.0. The molecule has 0 radical (unpaired) electrons. The molecule has 4 atom stereocenters. The van der Waals surface area contributed by atoms with Gasteiger partial charge in [-0.05, 0) is 37.6 Å². The van der Waals surface area contributed by atoms with Crippen molar-refractivity contribution in [2.75, 3.05) is 55.9 Å². The van der Waals surface area contributed by atoms with Crippen molar-refractivity contribution in [3.8, 4) is 17.0 Å². The third-order valence-electron chi connectivity index (χ3n) is 8.64. The molecule has 0 spiro atoms. The van der Waals surface area contributed by atoms with E-state index in [4.69, 9.17) is 24.9 Å². The van der Waals surface area contributed by atoms with Gasteiger partial charge in [-0.2, -0.15) is 10.2 Å². The topological polar surface area (TPSA) is 170 Å². The van der Waals surface area contributed by atoms with E-state index in [0.717, 1.165) is 41.9 Å². The van der Waals surface area contributed by atoms with Crippen LogP contribution in [0.2, 0.25) is 0 Å². The second-order valence-corrected chi connectivity index (χ2v) is 11.8. The number of aliphatic hydroxyl groups is 2. The van der Waals surface area contributed by atoms with E-state index in [-0.39, 0.29) is 12.4 Å². The van der Waals surface area contributed by atoms with Crippen molar-refractivity contribution >= 4 is 33.7 Å². The molecular formula is C31H37N9O5. The van der Waals surface area contributed by atoms with E-state index in [1.165, 1.54) is 6.33 Å². The Hall–Kier alpha value is -4.50. The Morgan fingerprint density at radius 3 is 2.78 bits per heavy atom. The van der Waals surface area contributed by atoms with Gasteiger partial charge in [0, 0.05) is 68.8 Å². The Bertz CT molecular complexity index is 1850. The first-order valence-corrected chi connectivity index (χ1v) is 15.0. The Morgan fingerprint density at radius 2 is 2.04 bits per heavy atom. The number of rotatable bonds is 10.